The second kappa shape index (κ2) is 9.63. The van der Waals surface area contributed by atoms with E-state index in [0.717, 1.165) is 35.4 Å². The molecule has 7 nitrogen and oxygen atoms in total. The Labute approximate surface area is 217 Å². The van der Waals surface area contributed by atoms with Crippen LogP contribution in [0.1, 0.15) is 35.3 Å². The van der Waals surface area contributed by atoms with Gasteiger partial charge in [0.15, 0.2) is 4.96 Å². The van der Waals surface area contributed by atoms with Gasteiger partial charge in [0.1, 0.15) is 11.5 Å². The van der Waals surface area contributed by atoms with Crippen LogP contribution in [-0.2, 0) is 0 Å². The highest BCUT2D eigenvalue weighted by atomic mass is 32.1. The van der Waals surface area contributed by atoms with Crippen LogP contribution in [0.2, 0.25) is 0 Å². The quantitative estimate of drug-likeness (QED) is 0.376. The third kappa shape index (κ3) is 4.37. The third-order valence-electron chi connectivity index (χ3n) is 7.64. The van der Waals surface area contributed by atoms with E-state index in [0.29, 0.717) is 42.1 Å². The Kier molecular flexibility index (Phi) is 6.16. The second-order valence-electron chi connectivity index (χ2n) is 9.76. The molecule has 2 aromatic heterocycles. The first-order valence-corrected chi connectivity index (χ1v) is 13.4. The normalized spacial score (nSPS) is 20.8. The number of likely N-dealkylation sites (tertiary alicyclic amines) is 1. The van der Waals surface area contributed by atoms with Crippen molar-refractivity contribution < 1.29 is 18.7 Å². The van der Waals surface area contributed by atoms with Gasteiger partial charge in [-0.25, -0.2) is 14.2 Å². The zero-order valence-electron chi connectivity index (χ0n) is 20.4. The number of hydrogen-bond acceptors (Lipinski definition) is 5. The van der Waals surface area contributed by atoms with Crippen LogP contribution >= 0.6 is 11.3 Å². The van der Waals surface area contributed by atoms with Gasteiger partial charge in [-0.3, -0.25) is 9.20 Å². The number of carbonyl (C=O) groups is 2. The maximum Gasteiger partial charge on any atom is 0.414 e. The fourth-order valence-electron chi connectivity index (χ4n) is 5.93. The molecule has 1 aliphatic carbocycles. The van der Waals surface area contributed by atoms with E-state index in [2.05, 4.69) is 10.3 Å². The van der Waals surface area contributed by atoms with Crippen LogP contribution in [0.4, 0.5) is 9.18 Å². The molecule has 2 aromatic carbocycles. The van der Waals surface area contributed by atoms with Crippen LogP contribution in [-0.4, -0.2) is 45.4 Å². The van der Waals surface area contributed by atoms with E-state index in [1.54, 1.807) is 23.5 Å². The lowest BCUT2D eigenvalue weighted by Gasteiger charge is -2.29. The molecule has 190 valence electrons. The Morgan fingerprint density at radius 2 is 1.97 bits per heavy atom. The highest BCUT2D eigenvalue weighted by molar-refractivity contribution is 7.15. The number of halogens is 1. The first kappa shape index (κ1) is 23.7. The molecule has 2 aliphatic rings. The number of aromatic nitrogens is 2. The lowest BCUT2D eigenvalue weighted by atomic mass is 9.93. The van der Waals surface area contributed by atoms with Gasteiger partial charge in [-0.1, -0.05) is 36.8 Å². The molecule has 0 bridgehead atoms. The number of imidazole rings is 1. The first-order chi connectivity index (χ1) is 18.0. The van der Waals surface area contributed by atoms with Crippen molar-refractivity contribution in [2.75, 3.05) is 13.1 Å². The van der Waals surface area contributed by atoms with Crippen molar-refractivity contribution in [2.45, 2.75) is 32.2 Å². The molecule has 1 saturated heterocycles. The number of benzene rings is 2. The Morgan fingerprint density at radius 1 is 1.16 bits per heavy atom. The van der Waals surface area contributed by atoms with Crippen molar-refractivity contribution in [3.05, 3.63) is 77.2 Å². The highest BCUT2D eigenvalue weighted by Crippen LogP contribution is 2.43. The van der Waals surface area contributed by atoms with E-state index < -0.39 is 6.09 Å². The summed E-state index contributed by atoms with van der Waals surface area (Å²) in [5.74, 6) is 0.778. The number of fused-ring (bicyclic) bond motifs is 2. The summed E-state index contributed by atoms with van der Waals surface area (Å²) >= 11 is 1.47. The van der Waals surface area contributed by atoms with Crippen molar-refractivity contribution in [1.82, 2.24) is 19.6 Å². The molecule has 0 radical (unpaired) electrons. The topological polar surface area (TPSA) is 75.9 Å². The Morgan fingerprint density at radius 3 is 2.81 bits per heavy atom. The predicted molar refractivity (Wildman–Crippen MR) is 139 cm³/mol. The maximum atomic E-state index is 13.9. The minimum Gasteiger partial charge on any atom is -0.391 e. The summed E-state index contributed by atoms with van der Waals surface area (Å²) in [6.45, 7) is 2.79. The minimum atomic E-state index is -0.559. The summed E-state index contributed by atoms with van der Waals surface area (Å²) < 4.78 is 20.9. The number of amides is 2. The first-order valence-electron chi connectivity index (χ1n) is 12.5. The number of hydrogen-bond donors (Lipinski definition) is 1. The number of carbonyl (C=O) groups excluding carboxylic acids is 2. The summed E-state index contributed by atoms with van der Waals surface area (Å²) in [6, 6.07) is 13.5. The monoisotopic (exact) mass is 518 g/mol. The highest BCUT2D eigenvalue weighted by Gasteiger charge is 2.46. The molecule has 1 saturated carbocycles. The molecule has 0 spiro atoms. The van der Waals surface area contributed by atoms with Gasteiger partial charge in [0, 0.05) is 30.2 Å². The summed E-state index contributed by atoms with van der Waals surface area (Å²) in [5, 5.41) is 4.80. The molecule has 1 aliphatic heterocycles. The van der Waals surface area contributed by atoms with Crippen LogP contribution in [0.5, 0.6) is 5.88 Å². The van der Waals surface area contributed by atoms with Crippen LogP contribution in [0.25, 0.3) is 16.1 Å². The summed E-state index contributed by atoms with van der Waals surface area (Å²) in [5.41, 5.74) is 2.79. The molecule has 3 heterocycles. The van der Waals surface area contributed by atoms with E-state index in [9.17, 15) is 14.0 Å². The molecule has 1 N–H and O–H groups in total. The smallest absolute Gasteiger partial charge is 0.391 e. The van der Waals surface area contributed by atoms with Crippen LogP contribution in [0, 0.1) is 24.6 Å². The second-order valence-corrected chi connectivity index (χ2v) is 10.6. The summed E-state index contributed by atoms with van der Waals surface area (Å²) in [7, 11) is 0. The van der Waals surface area contributed by atoms with Gasteiger partial charge in [-0.2, -0.15) is 0 Å². The van der Waals surface area contributed by atoms with Gasteiger partial charge in [-0.15, -0.1) is 11.3 Å². The number of rotatable bonds is 5. The van der Waals surface area contributed by atoms with E-state index in [1.807, 2.05) is 40.7 Å². The zero-order chi connectivity index (χ0) is 25.5. The van der Waals surface area contributed by atoms with Crippen LogP contribution < -0.4 is 10.1 Å². The number of thiazole rings is 1. The molecule has 9 heteroatoms. The van der Waals surface area contributed by atoms with Gasteiger partial charge in [-0.05, 0) is 60.9 Å². The van der Waals surface area contributed by atoms with Crippen LogP contribution in [0.15, 0.2) is 60.1 Å². The van der Waals surface area contributed by atoms with E-state index in [1.165, 1.54) is 23.5 Å². The van der Waals surface area contributed by atoms with Crippen molar-refractivity contribution in [1.29, 1.82) is 0 Å². The molecule has 6 rings (SSSR count). The van der Waals surface area contributed by atoms with Crippen molar-refractivity contribution in [2.24, 2.45) is 11.8 Å². The standard InChI is InChI=1S/C28H27FN4O3S/c1-17-26(32-13-14-37-27(32)31-17)36-28(35)30-15-24-22-8-4-5-19(22)16-33(24)25(34)23-7-3-2-6-21(23)18-9-11-20(29)12-10-18/h2-3,6-7,9-14,19,22,24H,4-5,8,15-16H2,1H3,(H,30,35)/t19-,22-,24+/m0/s1. The van der Waals surface area contributed by atoms with Crippen molar-refractivity contribution >= 4 is 28.3 Å². The van der Waals surface area contributed by atoms with Gasteiger partial charge in [0.05, 0.1) is 6.04 Å². The average Bonchev–Trinajstić information content (AvgIpc) is 3.67. The number of nitrogens with one attached hydrogen (secondary N) is 1. The Hall–Kier alpha value is -3.72. The molecule has 3 atom stereocenters. The molecular formula is C28H27FN4O3S. The zero-order valence-corrected chi connectivity index (χ0v) is 21.2. The largest absolute Gasteiger partial charge is 0.414 e. The average molecular weight is 519 g/mol. The van der Waals surface area contributed by atoms with Crippen molar-refractivity contribution in [3.8, 4) is 17.0 Å². The van der Waals surface area contributed by atoms with E-state index in [4.69, 9.17) is 4.74 Å². The lowest BCUT2D eigenvalue weighted by molar-refractivity contribution is 0.0711. The number of nitrogens with zero attached hydrogens (tertiary/aromatic N) is 3. The van der Waals surface area contributed by atoms with Gasteiger partial charge < -0.3 is 15.0 Å². The van der Waals surface area contributed by atoms with Gasteiger partial charge in [0.25, 0.3) is 5.91 Å². The molecular weight excluding hydrogens is 491 g/mol. The molecule has 2 fully saturated rings. The number of ether oxygens (including phenoxy) is 1. The Balaban J connectivity index is 1.22. The number of aryl methyl sites for hydroxylation is 1. The fourth-order valence-corrected chi connectivity index (χ4v) is 6.68. The molecule has 4 aromatic rings. The fraction of sp³-hybridized carbons (Fsp3) is 0.321. The lowest BCUT2D eigenvalue weighted by Crippen LogP contribution is -2.46. The third-order valence-corrected chi connectivity index (χ3v) is 8.40. The van der Waals surface area contributed by atoms with E-state index >= 15 is 0 Å². The molecule has 37 heavy (non-hydrogen) atoms. The minimum absolute atomic E-state index is 0.0684. The SMILES string of the molecule is Cc1nc2sccn2c1OC(=O)NC[C@@H]1[C@H]2CCC[C@H]2CN1C(=O)c1ccccc1-c1ccc(F)cc1. The van der Waals surface area contributed by atoms with Crippen LogP contribution in [0.3, 0.4) is 0 Å². The van der Waals surface area contributed by atoms with Gasteiger partial charge >= 0.3 is 6.09 Å². The van der Waals surface area contributed by atoms with E-state index in [-0.39, 0.29) is 17.8 Å². The molecule has 2 amide bonds. The summed E-state index contributed by atoms with van der Waals surface area (Å²) in [6.07, 6.45) is 4.51. The predicted octanol–water partition coefficient (Wildman–Crippen LogP) is 5.54. The molecule has 0 unspecified atom stereocenters. The van der Waals surface area contributed by atoms with Crippen molar-refractivity contribution in [3.63, 3.8) is 0 Å². The summed E-state index contributed by atoms with van der Waals surface area (Å²) in [4.78, 5) is 33.8. The maximum absolute atomic E-state index is 13.9. The van der Waals surface area contributed by atoms with Gasteiger partial charge in [0.2, 0.25) is 5.88 Å². The Bertz CT molecular complexity index is 1460.